The monoisotopic (exact) mass is 627 g/mol. The summed E-state index contributed by atoms with van der Waals surface area (Å²) in [5.41, 5.74) is 2.00. The number of rotatable bonds is 10. The number of nitrogens with one attached hydrogen (secondary N) is 1. The maximum Gasteiger partial charge on any atom is 0.411 e. The normalized spacial score (nSPS) is 23.6. The van der Waals surface area contributed by atoms with Crippen molar-refractivity contribution in [1.82, 2.24) is 14.5 Å². The molecule has 0 radical (unpaired) electrons. The molecule has 1 heterocycles. The standard InChI is InChI=1S/C33H45N3O7S/c1-22(2)27-15-14-24(4)19-29(27)43-33(40)35-16-9-17-36(44(41,42)21-25-11-6-5-7-12-25)32(35)31(39)34-28(20-30(37)38)26-13-8-10-23(3)18-26/h5-8,10-13,18,22,24,27-29,32H,9,14-17,19-21H2,1-4H3,(H,34,39)(H,37,38). The number of hydrogen-bond acceptors (Lipinski definition) is 6. The highest BCUT2D eigenvalue weighted by Gasteiger charge is 2.46. The zero-order chi connectivity index (χ0) is 32.0. The number of sulfonamides is 1. The first-order valence-electron chi connectivity index (χ1n) is 15.4. The van der Waals surface area contributed by atoms with E-state index in [0.29, 0.717) is 29.9 Å². The van der Waals surface area contributed by atoms with E-state index >= 15 is 0 Å². The predicted octanol–water partition coefficient (Wildman–Crippen LogP) is 5.09. The Labute approximate surface area is 260 Å². The second-order valence-corrected chi connectivity index (χ2v) is 14.5. The Hall–Kier alpha value is -3.44. The van der Waals surface area contributed by atoms with Crippen molar-refractivity contribution in [3.05, 3.63) is 71.3 Å². The number of ether oxygens (including phenoxy) is 1. The number of benzene rings is 2. The molecular formula is C33H45N3O7S. The maximum absolute atomic E-state index is 14.1. The van der Waals surface area contributed by atoms with E-state index in [1.54, 1.807) is 48.5 Å². The Balaban J connectivity index is 1.68. The number of aliphatic carboxylic acids is 1. The van der Waals surface area contributed by atoms with Crippen LogP contribution in [-0.4, -0.2) is 66.1 Å². The molecule has 10 nitrogen and oxygen atoms in total. The van der Waals surface area contributed by atoms with E-state index in [4.69, 9.17) is 4.74 Å². The summed E-state index contributed by atoms with van der Waals surface area (Å²) in [5.74, 6) is -1.44. The molecule has 240 valence electrons. The fourth-order valence-corrected chi connectivity index (χ4v) is 8.13. The second kappa shape index (κ2) is 14.6. The fraction of sp³-hybridized carbons (Fsp3) is 0.545. The molecule has 2 aliphatic rings. The van der Waals surface area contributed by atoms with Crippen molar-refractivity contribution in [2.45, 2.75) is 83.9 Å². The quantitative estimate of drug-likeness (QED) is 0.375. The van der Waals surface area contributed by atoms with Gasteiger partial charge < -0.3 is 15.2 Å². The highest BCUT2D eigenvalue weighted by molar-refractivity contribution is 7.88. The van der Waals surface area contributed by atoms with Crippen molar-refractivity contribution < 1.29 is 32.6 Å². The first-order chi connectivity index (χ1) is 20.9. The lowest BCUT2D eigenvalue weighted by Crippen LogP contribution is -2.64. The fourth-order valence-electron chi connectivity index (χ4n) is 6.43. The van der Waals surface area contributed by atoms with Crippen LogP contribution in [0.5, 0.6) is 0 Å². The van der Waals surface area contributed by atoms with Gasteiger partial charge in [0.05, 0.1) is 18.2 Å². The molecule has 2 N–H and O–H groups in total. The molecule has 1 aliphatic carbocycles. The van der Waals surface area contributed by atoms with Crippen LogP contribution in [0.15, 0.2) is 54.6 Å². The highest BCUT2D eigenvalue weighted by Crippen LogP contribution is 2.36. The molecule has 4 rings (SSSR count). The van der Waals surface area contributed by atoms with E-state index in [1.807, 2.05) is 13.0 Å². The minimum Gasteiger partial charge on any atom is -0.481 e. The van der Waals surface area contributed by atoms with Gasteiger partial charge in [0, 0.05) is 13.1 Å². The molecule has 2 aromatic carbocycles. The molecule has 0 aromatic heterocycles. The minimum atomic E-state index is -4.09. The molecule has 2 aromatic rings. The zero-order valence-corrected chi connectivity index (χ0v) is 26.8. The molecule has 44 heavy (non-hydrogen) atoms. The number of aryl methyl sites for hydroxylation is 1. The van der Waals surface area contributed by atoms with Crippen LogP contribution in [0, 0.1) is 24.7 Å². The third-order valence-corrected chi connectivity index (χ3v) is 10.5. The lowest BCUT2D eigenvalue weighted by atomic mass is 9.75. The predicted molar refractivity (Wildman–Crippen MR) is 167 cm³/mol. The maximum atomic E-state index is 14.1. The summed E-state index contributed by atoms with van der Waals surface area (Å²) in [5, 5.41) is 12.4. The summed E-state index contributed by atoms with van der Waals surface area (Å²) in [6.07, 6.45) is -0.0597. The molecule has 5 atom stereocenters. The Morgan fingerprint density at radius 1 is 1.05 bits per heavy atom. The Morgan fingerprint density at radius 3 is 2.43 bits per heavy atom. The van der Waals surface area contributed by atoms with Gasteiger partial charge in [0.15, 0.2) is 6.17 Å². The molecule has 5 unspecified atom stereocenters. The van der Waals surface area contributed by atoms with Crippen molar-refractivity contribution in [1.29, 1.82) is 0 Å². The van der Waals surface area contributed by atoms with Gasteiger partial charge in [0.2, 0.25) is 10.0 Å². The van der Waals surface area contributed by atoms with Crippen LogP contribution >= 0.6 is 0 Å². The van der Waals surface area contributed by atoms with E-state index in [-0.39, 0.29) is 36.8 Å². The minimum absolute atomic E-state index is 0.0279. The van der Waals surface area contributed by atoms with Crippen LogP contribution in [0.4, 0.5) is 4.79 Å². The van der Waals surface area contributed by atoms with Gasteiger partial charge in [-0.05, 0) is 55.1 Å². The first-order valence-corrected chi connectivity index (χ1v) is 17.1. The SMILES string of the molecule is Cc1cccc(C(CC(=O)O)NC(=O)C2N(C(=O)OC3CC(C)CCC3C(C)C)CCCN2S(=O)(=O)Cc2ccccc2)c1. The number of carboxylic acids is 1. The van der Waals surface area contributed by atoms with Crippen LogP contribution in [0.2, 0.25) is 0 Å². The van der Waals surface area contributed by atoms with Gasteiger partial charge >= 0.3 is 12.1 Å². The van der Waals surface area contributed by atoms with Gasteiger partial charge in [-0.2, -0.15) is 4.31 Å². The van der Waals surface area contributed by atoms with E-state index in [1.165, 1.54) is 4.90 Å². The molecule has 0 bridgehead atoms. The Morgan fingerprint density at radius 2 is 1.77 bits per heavy atom. The van der Waals surface area contributed by atoms with Crippen molar-refractivity contribution in [3.8, 4) is 0 Å². The Bertz CT molecular complexity index is 1420. The molecule has 1 saturated carbocycles. The lowest BCUT2D eigenvalue weighted by Gasteiger charge is -2.43. The lowest BCUT2D eigenvalue weighted by molar-refractivity contribution is -0.138. The van der Waals surface area contributed by atoms with Crippen molar-refractivity contribution in [3.63, 3.8) is 0 Å². The van der Waals surface area contributed by atoms with E-state index < -0.39 is 46.6 Å². The third kappa shape index (κ3) is 8.38. The molecular weight excluding hydrogens is 582 g/mol. The van der Waals surface area contributed by atoms with Crippen molar-refractivity contribution in [2.24, 2.45) is 17.8 Å². The van der Waals surface area contributed by atoms with Crippen molar-refractivity contribution >= 4 is 28.0 Å². The average molecular weight is 628 g/mol. The van der Waals surface area contributed by atoms with Gasteiger partial charge in [-0.15, -0.1) is 0 Å². The van der Waals surface area contributed by atoms with Crippen LogP contribution in [-0.2, 0) is 30.1 Å². The van der Waals surface area contributed by atoms with E-state index in [2.05, 4.69) is 26.1 Å². The molecule has 2 amide bonds. The number of amides is 2. The zero-order valence-electron chi connectivity index (χ0n) is 26.0. The number of carbonyl (C=O) groups excluding carboxylic acids is 2. The average Bonchev–Trinajstić information content (AvgIpc) is 2.96. The first kappa shape index (κ1) is 33.5. The van der Waals surface area contributed by atoms with Crippen LogP contribution in [0.3, 0.4) is 0 Å². The molecule has 2 fully saturated rings. The summed E-state index contributed by atoms with van der Waals surface area (Å²) in [6.45, 7) is 8.34. The number of carboxylic acid groups (broad SMARTS) is 1. The van der Waals surface area contributed by atoms with Gasteiger partial charge in [-0.1, -0.05) is 87.4 Å². The van der Waals surface area contributed by atoms with Gasteiger partial charge in [0.1, 0.15) is 6.10 Å². The Kier molecular flexibility index (Phi) is 11.1. The smallest absolute Gasteiger partial charge is 0.411 e. The van der Waals surface area contributed by atoms with Gasteiger partial charge in [0.25, 0.3) is 5.91 Å². The van der Waals surface area contributed by atoms with Gasteiger partial charge in [-0.25, -0.2) is 13.2 Å². The topological polar surface area (TPSA) is 133 Å². The molecule has 11 heteroatoms. The van der Waals surface area contributed by atoms with E-state index in [9.17, 15) is 27.9 Å². The molecule has 1 saturated heterocycles. The number of nitrogens with zero attached hydrogens (tertiary/aromatic N) is 2. The van der Waals surface area contributed by atoms with E-state index in [0.717, 1.165) is 22.7 Å². The number of hydrogen-bond donors (Lipinski definition) is 2. The summed E-state index contributed by atoms with van der Waals surface area (Å²) in [6, 6.07) is 14.8. The molecule has 0 spiro atoms. The van der Waals surface area contributed by atoms with Crippen LogP contribution < -0.4 is 5.32 Å². The van der Waals surface area contributed by atoms with Crippen molar-refractivity contribution in [2.75, 3.05) is 13.1 Å². The van der Waals surface area contributed by atoms with Crippen LogP contribution in [0.25, 0.3) is 0 Å². The largest absolute Gasteiger partial charge is 0.481 e. The summed E-state index contributed by atoms with van der Waals surface area (Å²) >= 11 is 0. The summed E-state index contributed by atoms with van der Waals surface area (Å²) in [7, 11) is -4.09. The summed E-state index contributed by atoms with van der Waals surface area (Å²) in [4.78, 5) is 41.0. The summed E-state index contributed by atoms with van der Waals surface area (Å²) < 4.78 is 34.9. The second-order valence-electron chi connectivity index (χ2n) is 12.6. The van der Waals surface area contributed by atoms with Gasteiger partial charge in [-0.3, -0.25) is 14.5 Å². The third-order valence-electron chi connectivity index (χ3n) is 8.72. The van der Waals surface area contributed by atoms with Crippen LogP contribution in [0.1, 0.15) is 75.6 Å². The number of carbonyl (C=O) groups is 3. The molecule has 1 aliphatic heterocycles. The highest BCUT2D eigenvalue weighted by atomic mass is 32.2.